The topological polar surface area (TPSA) is 60.4 Å². The Morgan fingerprint density at radius 2 is 2.37 bits per heavy atom. The van der Waals surface area contributed by atoms with Crippen molar-refractivity contribution >= 4 is 34.3 Å². The number of benzene rings is 1. The highest BCUT2D eigenvalue weighted by Crippen LogP contribution is 2.32. The lowest BCUT2D eigenvalue weighted by Crippen LogP contribution is -2.41. The lowest BCUT2D eigenvalue weighted by Gasteiger charge is -2.28. The van der Waals surface area contributed by atoms with E-state index < -0.39 is 0 Å². The van der Waals surface area contributed by atoms with E-state index in [1.54, 1.807) is 0 Å². The van der Waals surface area contributed by atoms with Crippen molar-refractivity contribution in [3.05, 3.63) is 35.0 Å². The van der Waals surface area contributed by atoms with Crippen LogP contribution in [0.15, 0.2) is 28.7 Å². The summed E-state index contributed by atoms with van der Waals surface area (Å²) in [4.78, 5) is 0. The number of thioether (sulfide) groups is 1. The van der Waals surface area contributed by atoms with Gasteiger partial charge < -0.3 is 9.15 Å². The van der Waals surface area contributed by atoms with Crippen LogP contribution in [0.3, 0.4) is 0 Å². The highest BCUT2D eigenvalue weighted by molar-refractivity contribution is 7.99. The quantitative estimate of drug-likeness (QED) is 0.674. The van der Waals surface area contributed by atoms with E-state index in [-0.39, 0.29) is 12.1 Å². The van der Waals surface area contributed by atoms with Crippen molar-refractivity contribution in [2.24, 2.45) is 5.84 Å². The second-order valence-corrected chi connectivity index (χ2v) is 5.99. The molecule has 1 fully saturated rings. The van der Waals surface area contributed by atoms with Crippen molar-refractivity contribution < 1.29 is 9.15 Å². The maximum Gasteiger partial charge on any atom is 0.152 e. The number of fused-ring (bicyclic) bond motifs is 1. The van der Waals surface area contributed by atoms with Gasteiger partial charge in [-0.1, -0.05) is 23.7 Å². The van der Waals surface area contributed by atoms with Crippen LogP contribution in [-0.4, -0.2) is 24.2 Å². The van der Waals surface area contributed by atoms with Crippen molar-refractivity contribution in [3.8, 4) is 0 Å². The number of hydrogen-bond acceptors (Lipinski definition) is 5. The molecule has 102 valence electrons. The Kier molecular flexibility index (Phi) is 4.00. The molecule has 1 aromatic heterocycles. The van der Waals surface area contributed by atoms with Gasteiger partial charge in [0.05, 0.1) is 17.7 Å². The average molecular weight is 299 g/mol. The van der Waals surface area contributed by atoms with Gasteiger partial charge in [-0.05, 0) is 12.1 Å². The number of furan rings is 1. The van der Waals surface area contributed by atoms with Crippen molar-refractivity contribution in [1.29, 1.82) is 0 Å². The van der Waals surface area contributed by atoms with E-state index in [4.69, 9.17) is 26.6 Å². The van der Waals surface area contributed by atoms with E-state index in [1.807, 2.05) is 36.0 Å². The van der Waals surface area contributed by atoms with Gasteiger partial charge in [0, 0.05) is 16.9 Å². The first-order valence-corrected chi connectivity index (χ1v) is 7.66. The van der Waals surface area contributed by atoms with E-state index in [0.29, 0.717) is 10.6 Å². The SMILES string of the molecule is NNC(c1cc2cccc(Cl)c2o1)C1CSCCO1. The number of halogens is 1. The van der Waals surface area contributed by atoms with Gasteiger partial charge in [0.25, 0.3) is 0 Å². The summed E-state index contributed by atoms with van der Waals surface area (Å²) >= 11 is 7.99. The highest BCUT2D eigenvalue weighted by Gasteiger charge is 2.28. The summed E-state index contributed by atoms with van der Waals surface area (Å²) in [5.41, 5.74) is 3.49. The van der Waals surface area contributed by atoms with Crippen LogP contribution in [0.5, 0.6) is 0 Å². The van der Waals surface area contributed by atoms with Gasteiger partial charge in [-0.2, -0.15) is 11.8 Å². The van der Waals surface area contributed by atoms with Gasteiger partial charge in [0.15, 0.2) is 5.58 Å². The normalized spacial score (nSPS) is 21.7. The Bertz CT molecular complexity index is 569. The molecule has 2 heterocycles. The van der Waals surface area contributed by atoms with E-state index in [9.17, 15) is 0 Å². The first-order chi connectivity index (χ1) is 9.29. The molecule has 0 aliphatic carbocycles. The van der Waals surface area contributed by atoms with E-state index in [0.717, 1.165) is 29.3 Å². The van der Waals surface area contributed by atoms with Gasteiger partial charge in [-0.25, -0.2) is 5.43 Å². The molecule has 0 bridgehead atoms. The Labute approximate surface area is 120 Å². The summed E-state index contributed by atoms with van der Waals surface area (Å²) in [6, 6.07) is 7.50. The first kappa shape index (κ1) is 13.3. The molecule has 1 aromatic carbocycles. The molecular formula is C13H15ClN2O2S. The van der Waals surface area contributed by atoms with Crippen LogP contribution in [0.1, 0.15) is 11.8 Å². The van der Waals surface area contributed by atoms with Crippen LogP contribution < -0.4 is 11.3 Å². The molecular weight excluding hydrogens is 284 g/mol. The van der Waals surface area contributed by atoms with E-state index in [2.05, 4.69) is 5.43 Å². The maximum atomic E-state index is 6.12. The summed E-state index contributed by atoms with van der Waals surface area (Å²) in [6.07, 6.45) is 0.0167. The Morgan fingerprint density at radius 3 is 3.05 bits per heavy atom. The molecule has 19 heavy (non-hydrogen) atoms. The molecule has 0 amide bonds. The molecule has 4 nitrogen and oxygen atoms in total. The van der Waals surface area contributed by atoms with Crippen LogP contribution >= 0.6 is 23.4 Å². The predicted octanol–water partition coefficient (Wildman–Crippen LogP) is 2.72. The van der Waals surface area contributed by atoms with Gasteiger partial charge in [0.2, 0.25) is 0 Å². The van der Waals surface area contributed by atoms with Crippen LogP contribution in [0, 0.1) is 0 Å². The summed E-state index contributed by atoms with van der Waals surface area (Å²) < 4.78 is 11.6. The van der Waals surface area contributed by atoms with Crippen molar-refractivity contribution in [2.45, 2.75) is 12.1 Å². The van der Waals surface area contributed by atoms with Crippen LogP contribution in [0.25, 0.3) is 11.0 Å². The Hall–Kier alpha value is -0.720. The average Bonchev–Trinajstić information content (AvgIpc) is 2.86. The number of rotatable bonds is 3. The molecule has 6 heteroatoms. The number of nitrogens with one attached hydrogen (secondary N) is 1. The second kappa shape index (κ2) is 5.73. The van der Waals surface area contributed by atoms with Gasteiger partial charge in [-0.15, -0.1) is 0 Å². The third-order valence-corrected chi connectivity index (χ3v) is 4.53. The molecule has 1 aliphatic rings. The molecule has 2 unspecified atom stereocenters. The fourth-order valence-corrected chi connectivity index (χ4v) is 3.39. The monoisotopic (exact) mass is 298 g/mol. The minimum absolute atomic E-state index is 0.0167. The minimum atomic E-state index is -0.156. The number of nitrogens with two attached hydrogens (primary N) is 1. The molecule has 1 aliphatic heterocycles. The minimum Gasteiger partial charge on any atom is -0.458 e. The molecule has 0 spiro atoms. The number of para-hydroxylation sites is 1. The summed E-state index contributed by atoms with van der Waals surface area (Å²) in [6.45, 7) is 0.745. The third-order valence-electron chi connectivity index (χ3n) is 3.21. The van der Waals surface area contributed by atoms with Gasteiger partial charge in [-0.3, -0.25) is 5.84 Å². The van der Waals surface area contributed by atoms with Crippen molar-refractivity contribution in [3.63, 3.8) is 0 Å². The molecule has 2 aromatic rings. The van der Waals surface area contributed by atoms with Crippen molar-refractivity contribution in [2.75, 3.05) is 18.1 Å². The number of ether oxygens (including phenoxy) is 1. The Balaban J connectivity index is 1.94. The molecule has 2 atom stereocenters. The first-order valence-electron chi connectivity index (χ1n) is 6.13. The molecule has 3 rings (SSSR count). The van der Waals surface area contributed by atoms with E-state index in [1.165, 1.54) is 0 Å². The number of hydrazine groups is 1. The van der Waals surface area contributed by atoms with Crippen LogP contribution in [0.2, 0.25) is 5.02 Å². The fraction of sp³-hybridized carbons (Fsp3) is 0.385. The largest absolute Gasteiger partial charge is 0.458 e. The summed E-state index contributed by atoms with van der Waals surface area (Å²) in [5, 5.41) is 1.59. The van der Waals surface area contributed by atoms with E-state index >= 15 is 0 Å². The van der Waals surface area contributed by atoms with Crippen LogP contribution in [-0.2, 0) is 4.74 Å². The third kappa shape index (κ3) is 2.61. The fourth-order valence-electron chi connectivity index (χ4n) is 2.27. The number of hydrogen-bond donors (Lipinski definition) is 2. The zero-order valence-corrected chi connectivity index (χ0v) is 11.8. The summed E-state index contributed by atoms with van der Waals surface area (Å²) in [7, 11) is 0. The lowest BCUT2D eigenvalue weighted by molar-refractivity contribution is 0.0414. The predicted molar refractivity (Wildman–Crippen MR) is 78.4 cm³/mol. The lowest BCUT2D eigenvalue weighted by atomic mass is 10.1. The van der Waals surface area contributed by atoms with Crippen molar-refractivity contribution in [1.82, 2.24) is 5.43 Å². The zero-order chi connectivity index (χ0) is 13.2. The standard InChI is InChI=1S/C13H15ClN2O2S/c14-9-3-1-2-8-6-10(18-13(8)9)12(16-15)11-7-19-5-4-17-11/h1-3,6,11-12,16H,4-5,7,15H2. The smallest absolute Gasteiger partial charge is 0.152 e. The molecule has 0 radical (unpaired) electrons. The molecule has 0 saturated carbocycles. The Morgan fingerprint density at radius 1 is 1.47 bits per heavy atom. The van der Waals surface area contributed by atoms with Crippen LogP contribution in [0.4, 0.5) is 0 Å². The van der Waals surface area contributed by atoms with Gasteiger partial charge >= 0.3 is 0 Å². The second-order valence-electron chi connectivity index (χ2n) is 4.44. The maximum absolute atomic E-state index is 6.12. The molecule has 3 N–H and O–H groups in total. The zero-order valence-electron chi connectivity index (χ0n) is 10.3. The van der Waals surface area contributed by atoms with Gasteiger partial charge in [0.1, 0.15) is 11.8 Å². The molecule has 1 saturated heterocycles. The highest BCUT2D eigenvalue weighted by atomic mass is 35.5. The summed E-state index contributed by atoms with van der Waals surface area (Å²) in [5.74, 6) is 8.36.